The fourth-order valence-electron chi connectivity index (χ4n) is 5.14. The second-order valence-corrected chi connectivity index (χ2v) is 9.21. The molecule has 4 aliphatic carbocycles. The first-order valence-corrected chi connectivity index (χ1v) is 9.54. The minimum absolute atomic E-state index is 0.0889. The van der Waals surface area contributed by atoms with E-state index in [4.69, 9.17) is 0 Å². The van der Waals surface area contributed by atoms with Crippen molar-refractivity contribution in [1.29, 1.82) is 0 Å². The molecule has 4 bridgehead atoms. The fourth-order valence-corrected chi connectivity index (χ4v) is 7.18. The van der Waals surface area contributed by atoms with Crippen LogP contribution in [0.15, 0.2) is 4.99 Å². The third kappa shape index (κ3) is 2.29. The van der Waals surface area contributed by atoms with Crippen LogP contribution in [-0.4, -0.2) is 28.2 Å². The van der Waals surface area contributed by atoms with Gasteiger partial charge in [0.15, 0.2) is 0 Å². The molecule has 0 atom stereocenters. The van der Waals surface area contributed by atoms with Crippen LogP contribution in [-0.2, 0) is 4.79 Å². The van der Waals surface area contributed by atoms with Crippen molar-refractivity contribution in [2.45, 2.75) is 38.5 Å². The van der Waals surface area contributed by atoms with Crippen LogP contribution in [0.4, 0.5) is 0 Å². The Hall–Kier alpha value is 0.0400. The first-order valence-electron chi connectivity index (χ1n) is 7.57. The lowest BCUT2D eigenvalue weighted by atomic mass is 9.48. The summed E-state index contributed by atoms with van der Waals surface area (Å²) < 4.78 is 1.15. The predicted octanol–water partition coefficient (Wildman–Crippen LogP) is 3.61. The van der Waals surface area contributed by atoms with Gasteiger partial charge in [0.2, 0.25) is 0 Å². The van der Waals surface area contributed by atoms with Gasteiger partial charge in [-0.25, -0.2) is 0 Å². The van der Waals surface area contributed by atoms with Crippen molar-refractivity contribution in [1.82, 2.24) is 0 Å². The zero-order valence-corrected chi connectivity index (χ0v) is 12.9. The molecule has 4 fully saturated rings. The molecule has 0 unspecified atom stereocenters. The van der Waals surface area contributed by atoms with Gasteiger partial charge in [-0.05, 0) is 56.3 Å². The third-order valence-electron chi connectivity index (χ3n) is 5.51. The Labute approximate surface area is 123 Å². The molecule has 0 saturated heterocycles. The topological polar surface area (TPSA) is 29.4 Å². The number of Topliss-reactive ketones (excluding diaryl/α,β-unsaturated/α-hetero) is 1. The molecule has 0 aromatic carbocycles. The van der Waals surface area contributed by atoms with Crippen molar-refractivity contribution in [3.63, 3.8) is 0 Å². The van der Waals surface area contributed by atoms with Gasteiger partial charge in [-0.3, -0.25) is 9.79 Å². The van der Waals surface area contributed by atoms with E-state index >= 15 is 0 Å². The van der Waals surface area contributed by atoms with Gasteiger partial charge in [-0.2, -0.15) is 0 Å². The lowest BCUT2D eigenvalue weighted by molar-refractivity contribution is -0.140. The van der Waals surface area contributed by atoms with Gasteiger partial charge in [0, 0.05) is 11.2 Å². The maximum atomic E-state index is 12.8. The van der Waals surface area contributed by atoms with Crippen molar-refractivity contribution >= 4 is 33.7 Å². The minimum Gasteiger partial charge on any atom is -0.298 e. The number of carbonyl (C=O) groups excluding carboxylic acids is 1. The maximum Gasteiger partial charge on any atom is 0.149 e. The molecule has 5 rings (SSSR count). The molecule has 0 spiro atoms. The van der Waals surface area contributed by atoms with Crippen LogP contribution in [0.3, 0.4) is 0 Å². The van der Waals surface area contributed by atoms with Crippen molar-refractivity contribution in [2.24, 2.45) is 28.2 Å². The largest absolute Gasteiger partial charge is 0.298 e. The normalized spacial score (nSPS) is 43.6. The smallest absolute Gasteiger partial charge is 0.149 e. The molecule has 0 aromatic heterocycles. The van der Waals surface area contributed by atoms with E-state index in [0.717, 1.165) is 34.4 Å². The quantitative estimate of drug-likeness (QED) is 0.796. The van der Waals surface area contributed by atoms with Crippen LogP contribution in [0.1, 0.15) is 38.5 Å². The SMILES string of the molecule is O=C(CSC1=NCCS1)C12CC3CC(CC(C3)C1)C2. The summed E-state index contributed by atoms with van der Waals surface area (Å²) in [4.78, 5) is 17.2. The summed E-state index contributed by atoms with van der Waals surface area (Å²) in [7, 11) is 0. The molecule has 0 radical (unpaired) electrons. The highest BCUT2D eigenvalue weighted by Crippen LogP contribution is 2.60. The Bertz CT molecular complexity index is 397. The first-order chi connectivity index (χ1) is 9.23. The Kier molecular flexibility index (Phi) is 3.22. The van der Waals surface area contributed by atoms with E-state index in [9.17, 15) is 4.79 Å². The van der Waals surface area contributed by atoms with E-state index in [1.54, 1.807) is 11.8 Å². The second-order valence-electron chi connectivity index (χ2n) is 6.91. The van der Waals surface area contributed by atoms with Crippen LogP contribution >= 0.6 is 23.5 Å². The summed E-state index contributed by atoms with van der Waals surface area (Å²) in [5.74, 6) is 4.95. The number of rotatable bonds is 3. The lowest BCUT2D eigenvalue weighted by Gasteiger charge is -2.56. The molecule has 5 aliphatic rings. The molecule has 104 valence electrons. The molecular formula is C15H21NOS2. The molecule has 19 heavy (non-hydrogen) atoms. The Balaban J connectivity index is 1.44. The summed E-state index contributed by atoms with van der Waals surface area (Å²) in [5.41, 5.74) is 0.0889. The van der Waals surface area contributed by atoms with Gasteiger partial charge in [0.25, 0.3) is 0 Å². The zero-order chi connectivity index (χ0) is 12.9. The van der Waals surface area contributed by atoms with Crippen LogP contribution < -0.4 is 0 Å². The molecule has 4 heteroatoms. The summed E-state index contributed by atoms with van der Waals surface area (Å²) in [5, 5.41) is 0. The highest BCUT2D eigenvalue weighted by Gasteiger charge is 2.54. The number of aliphatic imine (C=N–C) groups is 1. The van der Waals surface area contributed by atoms with E-state index in [-0.39, 0.29) is 5.41 Å². The van der Waals surface area contributed by atoms with Crippen LogP contribution in [0.5, 0.6) is 0 Å². The molecular weight excluding hydrogens is 274 g/mol. The summed E-state index contributed by atoms with van der Waals surface area (Å²) >= 11 is 3.53. The standard InChI is InChI=1S/C15H21NOS2/c17-13(9-19-14-16-1-2-18-14)15-6-10-3-11(7-15)5-12(4-10)8-15/h10-12H,1-9H2. The Morgan fingerprint density at radius 3 is 2.37 bits per heavy atom. The molecule has 0 aromatic rings. The lowest BCUT2D eigenvalue weighted by Crippen LogP contribution is -2.50. The summed E-state index contributed by atoms with van der Waals surface area (Å²) in [6.07, 6.45) is 7.88. The highest BCUT2D eigenvalue weighted by atomic mass is 32.2. The third-order valence-corrected chi connectivity index (χ3v) is 7.77. The van der Waals surface area contributed by atoms with E-state index in [1.807, 2.05) is 11.8 Å². The first kappa shape index (κ1) is 12.8. The summed E-state index contributed by atoms with van der Waals surface area (Å²) in [6, 6.07) is 0. The number of hydrogen-bond acceptors (Lipinski definition) is 4. The molecule has 2 nitrogen and oxygen atoms in total. The van der Waals surface area contributed by atoms with Crippen molar-refractivity contribution < 1.29 is 4.79 Å². The van der Waals surface area contributed by atoms with E-state index < -0.39 is 0 Å². The monoisotopic (exact) mass is 295 g/mol. The van der Waals surface area contributed by atoms with Gasteiger partial charge in [0.05, 0.1) is 12.3 Å². The number of carbonyl (C=O) groups is 1. The molecule has 1 heterocycles. The van der Waals surface area contributed by atoms with Crippen LogP contribution in [0, 0.1) is 23.2 Å². The zero-order valence-electron chi connectivity index (χ0n) is 11.3. The van der Waals surface area contributed by atoms with Gasteiger partial charge in [-0.15, -0.1) is 0 Å². The van der Waals surface area contributed by atoms with Crippen molar-refractivity contribution in [2.75, 3.05) is 18.1 Å². The number of hydrogen-bond donors (Lipinski definition) is 0. The van der Waals surface area contributed by atoms with Crippen LogP contribution in [0.2, 0.25) is 0 Å². The average molecular weight is 295 g/mol. The molecule has 1 aliphatic heterocycles. The second kappa shape index (κ2) is 4.80. The van der Waals surface area contributed by atoms with Gasteiger partial charge < -0.3 is 0 Å². The van der Waals surface area contributed by atoms with E-state index in [2.05, 4.69) is 4.99 Å². The van der Waals surface area contributed by atoms with Gasteiger partial charge in [0.1, 0.15) is 10.2 Å². The Morgan fingerprint density at radius 1 is 1.21 bits per heavy atom. The molecule has 0 amide bonds. The van der Waals surface area contributed by atoms with Gasteiger partial charge >= 0.3 is 0 Å². The number of nitrogens with zero attached hydrogens (tertiary/aromatic N) is 1. The van der Waals surface area contributed by atoms with Gasteiger partial charge in [-0.1, -0.05) is 23.5 Å². The Morgan fingerprint density at radius 2 is 1.84 bits per heavy atom. The number of ketones is 1. The molecule has 0 N–H and O–H groups in total. The van der Waals surface area contributed by atoms with Crippen molar-refractivity contribution in [3.8, 4) is 0 Å². The summed E-state index contributed by atoms with van der Waals surface area (Å²) in [6.45, 7) is 0.943. The molecule has 4 saturated carbocycles. The predicted molar refractivity (Wildman–Crippen MR) is 82.8 cm³/mol. The van der Waals surface area contributed by atoms with E-state index in [0.29, 0.717) is 11.5 Å². The fraction of sp³-hybridized carbons (Fsp3) is 0.867. The maximum absolute atomic E-state index is 12.8. The van der Waals surface area contributed by atoms with Crippen LogP contribution in [0.25, 0.3) is 0 Å². The highest BCUT2D eigenvalue weighted by molar-refractivity contribution is 8.39. The minimum atomic E-state index is 0.0889. The van der Waals surface area contributed by atoms with E-state index in [1.165, 1.54) is 38.5 Å². The number of thioether (sulfide) groups is 2. The average Bonchev–Trinajstić information content (AvgIpc) is 2.87. The van der Waals surface area contributed by atoms with Crippen molar-refractivity contribution in [3.05, 3.63) is 0 Å².